The molecule has 0 unspecified atom stereocenters. The molecule has 0 atom stereocenters. The van der Waals surface area contributed by atoms with Gasteiger partial charge in [0.2, 0.25) is 5.91 Å². The Labute approximate surface area is 151 Å². The highest BCUT2D eigenvalue weighted by molar-refractivity contribution is 6.34. The van der Waals surface area contributed by atoms with Crippen LogP contribution in [0.3, 0.4) is 0 Å². The zero-order valence-corrected chi connectivity index (χ0v) is 14.4. The Bertz CT molecular complexity index is 800. The minimum atomic E-state index is -1.54. The summed E-state index contributed by atoms with van der Waals surface area (Å²) < 4.78 is 0. The normalized spacial score (nSPS) is 16.5. The van der Waals surface area contributed by atoms with Gasteiger partial charge in [-0.25, -0.2) is 0 Å². The standard InChI is InChI=1S/C19H19ClN2O3/c20-16-7-6-14(13-4-2-1-3-5-13)12-15(16)17(23)22-10-8-19(25,9-11-22)18(21)24/h1-7,12,25H,8-11H2,(H2,21,24). The third-order valence-corrected chi connectivity index (χ3v) is 4.97. The average Bonchev–Trinajstić information content (AvgIpc) is 2.63. The van der Waals surface area contributed by atoms with Crippen LogP contribution in [0.5, 0.6) is 0 Å². The molecule has 2 amide bonds. The highest BCUT2D eigenvalue weighted by Gasteiger charge is 2.39. The number of rotatable bonds is 3. The number of nitrogens with two attached hydrogens (primary N) is 1. The molecule has 130 valence electrons. The lowest BCUT2D eigenvalue weighted by Gasteiger charge is -2.36. The third-order valence-electron chi connectivity index (χ3n) is 4.64. The maximum Gasteiger partial charge on any atom is 0.255 e. The van der Waals surface area contributed by atoms with Gasteiger partial charge in [0.1, 0.15) is 5.60 Å². The lowest BCUT2D eigenvalue weighted by Crippen LogP contribution is -2.53. The Morgan fingerprint density at radius 2 is 1.68 bits per heavy atom. The number of nitrogens with zero attached hydrogens (tertiary/aromatic N) is 1. The number of halogens is 1. The van der Waals surface area contributed by atoms with Crippen molar-refractivity contribution in [3.63, 3.8) is 0 Å². The minimum absolute atomic E-state index is 0.129. The number of carbonyl (C=O) groups excluding carboxylic acids is 2. The van der Waals surface area contributed by atoms with Crippen LogP contribution in [0, 0.1) is 0 Å². The average molecular weight is 359 g/mol. The monoisotopic (exact) mass is 358 g/mol. The van der Waals surface area contributed by atoms with Crippen molar-refractivity contribution in [1.82, 2.24) is 4.90 Å². The Kier molecular flexibility index (Phi) is 4.79. The summed E-state index contributed by atoms with van der Waals surface area (Å²) in [5.74, 6) is -0.960. The lowest BCUT2D eigenvalue weighted by molar-refractivity contribution is -0.140. The molecule has 0 aliphatic carbocycles. The Hall–Kier alpha value is -2.37. The van der Waals surface area contributed by atoms with E-state index in [-0.39, 0.29) is 31.8 Å². The number of aliphatic hydroxyl groups is 1. The van der Waals surface area contributed by atoms with E-state index in [0.29, 0.717) is 10.6 Å². The molecule has 5 nitrogen and oxygen atoms in total. The van der Waals surface area contributed by atoms with Crippen molar-refractivity contribution in [1.29, 1.82) is 0 Å². The number of piperidine rings is 1. The van der Waals surface area contributed by atoms with E-state index in [9.17, 15) is 14.7 Å². The van der Waals surface area contributed by atoms with E-state index in [2.05, 4.69) is 0 Å². The second kappa shape index (κ2) is 6.86. The molecule has 0 radical (unpaired) electrons. The number of amides is 2. The molecule has 2 aromatic carbocycles. The van der Waals surface area contributed by atoms with Crippen molar-refractivity contribution in [3.05, 3.63) is 59.1 Å². The molecule has 1 fully saturated rings. The van der Waals surface area contributed by atoms with Gasteiger partial charge in [0.15, 0.2) is 0 Å². The molecule has 1 aliphatic heterocycles. The van der Waals surface area contributed by atoms with Crippen LogP contribution >= 0.6 is 11.6 Å². The van der Waals surface area contributed by atoms with E-state index < -0.39 is 11.5 Å². The van der Waals surface area contributed by atoms with E-state index >= 15 is 0 Å². The molecule has 0 bridgehead atoms. The van der Waals surface area contributed by atoms with E-state index in [4.69, 9.17) is 17.3 Å². The van der Waals surface area contributed by atoms with Crippen molar-refractivity contribution in [2.75, 3.05) is 13.1 Å². The van der Waals surface area contributed by atoms with Crippen LogP contribution < -0.4 is 5.73 Å². The topological polar surface area (TPSA) is 83.6 Å². The summed E-state index contributed by atoms with van der Waals surface area (Å²) in [6.07, 6.45) is 0.258. The predicted molar refractivity (Wildman–Crippen MR) is 96.2 cm³/mol. The minimum Gasteiger partial charge on any atom is -0.380 e. The van der Waals surface area contributed by atoms with Gasteiger partial charge in [0, 0.05) is 25.9 Å². The first-order valence-corrected chi connectivity index (χ1v) is 8.45. The van der Waals surface area contributed by atoms with Gasteiger partial charge in [-0.1, -0.05) is 48.0 Å². The van der Waals surface area contributed by atoms with Crippen LogP contribution in [-0.4, -0.2) is 40.5 Å². The first-order chi connectivity index (χ1) is 11.9. The predicted octanol–water partition coefficient (Wildman–Crippen LogP) is 2.46. The van der Waals surface area contributed by atoms with Crippen LogP contribution in [0.1, 0.15) is 23.2 Å². The molecule has 0 aromatic heterocycles. The molecule has 1 heterocycles. The second-order valence-corrected chi connectivity index (χ2v) is 6.66. The van der Waals surface area contributed by atoms with Gasteiger partial charge in [-0.05, 0) is 23.3 Å². The summed E-state index contributed by atoms with van der Waals surface area (Å²) in [6.45, 7) is 0.508. The fraction of sp³-hybridized carbons (Fsp3) is 0.263. The molecule has 1 aliphatic rings. The summed E-state index contributed by atoms with van der Waals surface area (Å²) in [6, 6.07) is 15.1. The SMILES string of the molecule is NC(=O)C1(O)CCN(C(=O)c2cc(-c3ccccc3)ccc2Cl)CC1. The van der Waals surface area contributed by atoms with Gasteiger partial charge >= 0.3 is 0 Å². The summed E-state index contributed by atoms with van der Waals surface area (Å²) in [4.78, 5) is 25.7. The first-order valence-electron chi connectivity index (χ1n) is 8.07. The smallest absolute Gasteiger partial charge is 0.255 e. The zero-order chi connectivity index (χ0) is 18.0. The molecular weight excluding hydrogens is 340 g/mol. The Morgan fingerprint density at radius 3 is 2.28 bits per heavy atom. The van der Waals surface area contributed by atoms with Crippen molar-refractivity contribution < 1.29 is 14.7 Å². The van der Waals surface area contributed by atoms with E-state index in [1.165, 1.54) is 0 Å². The summed E-state index contributed by atoms with van der Waals surface area (Å²) in [5, 5.41) is 10.5. The maximum atomic E-state index is 12.8. The number of carbonyl (C=O) groups is 2. The fourth-order valence-corrected chi connectivity index (χ4v) is 3.19. The van der Waals surface area contributed by atoms with E-state index in [1.54, 1.807) is 17.0 Å². The number of likely N-dealkylation sites (tertiary alicyclic amines) is 1. The molecule has 1 saturated heterocycles. The molecule has 2 aromatic rings. The Balaban J connectivity index is 1.82. The molecule has 0 saturated carbocycles. The summed E-state index contributed by atoms with van der Waals surface area (Å²) in [7, 11) is 0. The molecule has 6 heteroatoms. The largest absolute Gasteiger partial charge is 0.380 e. The van der Waals surface area contributed by atoms with Crippen molar-refractivity contribution >= 4 is 23.4 Å². The van der Waals surface area contributed by atoms with Crippen LogP contribution in [0.2, 0.25) is 5.02 Å². The zero-order valence-electron chi connectivity index (χ0n) is 13.6. The number of primary amides is 1. The maximum absolute atomic E-state index is 12.8. The molecule has 3 rings (SSSR count). The lowest BCUT2D eigenvalue weighted by atomic mass is 9.90. The number of hydrogen-bond acceptors (Lipinski definition) is 3. The highest BCUT2D eigenvalue weighted by atomic mass is 35.5. The quantitative estimate of drug-likeness (QED) is 0.884. The van der Waals surface area contributed by atoms with Gasteiger partial charge in [0.05, 0.1) is 10.6 Å². The van der Waals surface area contributed by atoms with Crippen LogP contribution in [0.25, 0.3) is 11.1 Å². The van der Waals surface area contributed by atoms with Crippen LogP contribution in [0.15, 0.2) is 48.5 Å². The molecular formula is C19H19ClN2O3. The molecule has 25 heavy (non-hydrogen) atoms. The van der Waals surface area contributed by atoms with Gasteiger partial charge in [-0.3, -0.25) is 9.59 Å². The van der Waals surface area contributed by atoms with Gasteiger partial charge in [-0.15, -0.1) is 0 Å². The summed E-state index contributed by atoms with van der Waals surface area (Å²) in [5.41, 5.74) is 6.00. The second-order valence-electron chi connectivity index (χ2n) is 6.25. The van der Waals surface area contributed by atoms with Crippen LogP contribution in [0.4, 0.5) is 0 Å². The van der Waals surface area contributed by atoms with E-state index in [1.807, 2.05) is 36.4 Å². The third kappa shape index (κ3) is 3.52. The van der Waals surface area contributed by atoms with Crippen molar-refractivity contribution in [2.45, 2.75) is 18.4 Å². The van der Waals surface area contributed by atoms with Crippen LogP contribution in [-0.2, 0) is 4.79 Å². The molecule has 0 spiro atoms. The molecule has 3 N–H and O–H groups in total. The van der Waals surface area contributed by atoms with E-state index in [0.717, 1.165) is 11.1 Å². The van der Waals surface area contributed by atoms with Gasteiger partial charge in [-0.2, -0.15) is 0 Å². The van der Waals surface area contributed by atoms with Gasteiger partial charge in [0.25, 0.3) is 5.91 Å². The van der Waals surface area contributed by atoms with Crippen molar-refractivity contribution in [2.24, 2.45) is 5.73 Å². The Morgan fingerprint density at radius 1 is 1.04 bits per heavy atom. The fourth-order valence-electron chi connectivity index (χ4n) is 3.00. The van der Waals surface area contributed by atoms with Gasteiger partial charge < -0.3 is 15.7 Å². The first kappa shape index (κ1) is 17.5. The number of benzene rings is 2. The van der Waals surface area contributed by atoms with Crippen molar-refractivity contribution in [3.8, 4) is 11.1 Å². The highest BCUT2D eigenvalue weighted by Crippen LogP contribution is 2.28. The number of hydrogen-bond donors (Lipinski definition) is 2. The summed E-state index contributed by atoms with van der Waals surface area (Å²) >= 11 is 6.23.